The number of hydrogen-bond acceptors (Lipinski definition) is 6. The van der Waals surface area contributed by atoms with E-state index < -0.39 is 5.97 Å². The minimum absolute atomic E-state index is 0.218. The van der Waals surface area contributed by atoms with Crippen molar-refractivity contribution >= 4 is 17.4 Å². The Bertz CT molecular complexity index is 555. The molecule has 0 radical (unpaired) electrons. The molecule has 2 N–H and O–H groups in total. The van der Waals surface area contributed by atoms with Gasteiger partial charge in [0.15, 0.2) is 5.65 Å². The summed E-state index contributed by atoms with van der Waals surface area (Å²) in [5, 5.41) is 26.9. The lowest BCUT2D eigenvalue weighted by molar-refractivity contribution is -0.137. The molecular formula is C11H16N6O2. The molecule has 2 aromatic rings. The number of hydrogen-bond donors (Lipinski definition) is 2. The van der Waals surface area contributed by atoms with Crippen LogP contribution in [-0.4, -0.2) is 42.9 Å². The molecule has 0 aliphatic heterocycles. The van der Waals surface area contributed by atoms with Crippen LogP contribution < -0.4 is 5.32 Å². The summed E-state index contributed by atoms with van der Waals surface area (Å²) in [5.41, 5.74) is 0.598. The molecule has 1 atom stereocenters. The van der Waals surface area contributed by atoms with Gasteiger partial charge in [0.1, 0.15) is 5.82 Å². The van der Waals surface area contributed by atoms with Gasteiger partial charge in [0.2, 0.25) is 0 Å². The molecule has 2 rings (SSSR count). The second kappa shape index (κ2) is 6.07. The first-order valence-corrected chi connectivity index (χ1v) is 6.16. The largest absolute Gasteiger partial charge is 0.481 e. The molecule has 0 aliphatic rings. The number of fused-ring (bicyclic) bond motifs is 1. The van der Waals surface area contributed by atoms with Crippen LogP contribution in [0.4, 0.5) is 5.82 Å². The molecule has 0 bridgehead atoms. The van der Waals surface area contributed by atoms with Gasteiger partial charge in [-0.05, 0) is 41.3 Å². The highest BCUT2D eigenvalue weighted by Gasteiger charge is 2.06. The summed E-state index contributed by atoms with van der Waals surface area (Å²) < 4.78 is 1.36. The van der Waals surface area contributed by atoms with Gasteiger partial charge in [-0.1, -0.05) is 6.92 Å². The average Bonchev–Trinajstić information content (AvgIpc) is 2.83. The highest BCUT2D eigenvalue weighted by atomic mass is 16.4. The number of carboxylic acid groups (broad SMARTS) is 1. The molecule has 1 unspecified atom stereocenters. The van der Waals surface area contributed by atoms with E-state index in [4.69, 9.17) is 5.11 Å². The Balaban J connectivity index is 1.77. The molecule has 0 saturated heterocycles. The number of aliphatic carboxylic acids is 1. The van der Waals surface area contributed by atoms with Gasteiger partial charge in [0, 0.05) is 13.0 Å². The van der Waals surface area contributed by atoms with Crippen molar-refractivity contribution in [1.82, 2.24) is 25.3 Å². The quantitative estimate of drug-likeness (QED) is 0.762. The van der Waals surface area contributed by atoms with E-state index in [2.05, 4.69) is 25.9 Å². The van der Waals surface area contributed by atoms with Gasteiger partial charge in [0.25, 0.3) is 0 Å². The van der Waals surface area contributed by atoms with Gasteiger partial charge < -0.3 is 10.4 Å². The lowest BCUT2D eigenvalue weighted by atomic mass is 10.0. The van der Waals surface area contributed by atoms with E-state index >= 15 is 0 Å². The second-order valence-corrected chi connectivity index (χ2v) is 4.50. The van der Waals surface area contributed by atoms with Crippen LogP contribution in [0.3, 0.4) is 0 Å². The Labute approximate surface area is 109 Å². The Kier molecular flexibility index (Phi) is 4.22. The van der Waals surface area contributed by atoms with Crippen LogP contribution in [0.15, 0.2) is 12.1 Å². The normalized spacial score (nSPS) is 12.5. The van der Waals surface area contributed by atoms with Crippen molar-refractivity contribution in [3.05, 3.63) is 12.1 Å². The summed E-state index contributed by atoms with van der Waals surface area (Å²) in [6.45, 7) is 2.78. The van der Waals surface area contributed by atoms with E-state index in [1.165, 1.54) is 4.63 Å². The lowest BCUT2D eigenvalue weighted by Crippen LogP contribution is -2.10. The van der Waals surface area contributed by atoms with E-state index in [-0.39, 0.29) is 6.42 Å². The third kappa shape index (κ3) is 3.87. The molecule has 0 aromatic carbocycles. The van der Waals surface area contributed by atoms with Crippen molar-refractivity contribution in [2.45, 2.75) is 26.2 Å². The fraction of sp³-hybridized carbons (Fsp3) is 0.545. The molecule has 0 saturated carbocycles. The van der Waals surface area contributed by atoms with E-state index in [9.17, 15) is 4.79 Å². The van der Waals surface area contributed by atoms with Crippen molar-refractivity contribution in [2.75, 3.05) is 11.9 Å². The van der Waals surface area contributed by atoms with Gasteiger partial charge in [-0.15, -0.1) is 14.8 Å². The third-order valence-corrected chi connectivity index (χ3v) is 2.86. The maximum Gasteiger partial charge on any atom is 0.303 e. The number of carboxylic acids is 1. The first kappa shape index (κ1) is 13.2. The van der Waals surface area contributed by atoms with E-state index in [1.54, 1.807) is 6.07 Å². The van der Waals surface area contributed by atoms with Crippen LogP contribution in [0.2, 0.25) is 0 Å². The van der Waals surface area contributed by atoms with Crippen LogP contribution in [0, 0.1) is 5.92 Å². The van der Waals surface area contributed by atoms with E-state index in [0.717, 1.165) is 13.0 Å². The van der Waals surface area contributed by atoms with Gasteiger partial charge in [0.05, 0.1) is 0 Å². The molecule has 102 valence electrons. The summed E-state index contributed by atoms with van der Waals surface area (Å²) in [5.74, 6) is 0.316. The number of rotatable bonds is 7. The van der Waals surface area contributed by atoms with E-state index in [0.29, 0.717) is 23.8 Å². The molecule has 19 heavy (non-hydrogen) atoms. The van der Waals surface area contributed by atoms with Crippen LogP contribution in [0.5, 0.6) is 0 Å². The maximum atomic E-state index is 10.5. The van der Waals surface area contributed by atoms with Gasteiger partial charge >= 0.3 is 5.97 Å². The summed E-state index contributed by atoms with van der Waals surface area (Å²) in [6, 6.07) is 3.59. The van der Waals surface area contributed by atoms with Crippen molar-refractivity contribution in [2.24, 2.45) is 5.92 Å². The molecule has 8 heteroatoms. The topological polar surface area (TPSA) is 105 Å². The summed E-state index contributed by atoms with van der Waals surface area (Å²) in [6.07, 6.45) is 1.80. The average molecular weight is 264 g/mol. The predicted molar refractivity (Wildman–Crippen MR) is 67.7 cm³/mol. The fourth-order valence-electron chi connectivity index (χ4n) is 1.70. The van der Waals surface area contributed by atoms with Crippen molar-refractivity contribution in [3.63, 3.8) is 0 Å². The summed E-state index contributed by atoms with van der Waals surface area (Å²) in [7, 11) is 0. The van der Waals surface area contributed by atoms with Crippen molar-refractivity contribution in [1.29, 1.82) is 0 Å². The SMILES string of the molecule is CC(CCNc1ccc2nnnn2n1)CCC(=O)O. The number of anilines is 1. The minimum Gasteiger partial charge on any atom is -0.481 e. The zero-order valence-electron chi connectivity index (χ0n) is 10.7. The smallest absolute Gasteiger partial charge is 0.303 e. The number of nitrogens with zero attached hydrogens (tertiary/aromatic N) is 5. The summed E-state index contributed by atoms with van der Waals surface area (Å²) >= 11 is 0. The predicted octanol–water partition coefficient (Wildman–Crippen LogP) is 0.822. The number of nitrogens with one attached hydrogen (secondary N) is 1. The number of aromatic nitrogens is 5. The van der Waals surface area contributed by atoms with Gasteiger partial charge in [-0.25, -0.2) is 0 Å². The van der Waals surface area contributed by atoms with Crippen molar-refractivity contribution < 1.29 is 9.90 Å². The maximum absolute atomic E-state index is 10.5. The first-order valence-electron chi connectivity index (χ1n) is 6.16. The number of tetrazole rings is 1. The monoisotopic (exact) mass is 264 g/mol. The van der Waals surface area contributed by atoms with Crippen LogP contribution in [0.25, 0.3) is 5.65 Å². The molecule has 0 fully saturated rings. The second-order valence-electron chi connectivity index (χ2n) is 4.50. The standard InChI is InChI=1S/C11H16N6O2/c1-8(2-5-11(18)19)6-7-12-9-3-4-10-13-15-16-17(10)14-9/h3-4,8H,2,5-7H2,1H3,(H,12,14)(H,18,19). The van der Waals surface area contributed by atoms with Crippen molar-refractivity contribution in [3.8, 4) is 0 Å². The zero-order valence-corrected chi connectivity index (χ0v) is 10.7. The molecule has 0 spiro atoms. The molecule has 2 aromatic heterocycles. The zero-order chi connectivity index (χ0) is 13.7. The van der Waals surface area contributed by atoms with Crippen LogP contribution in [-0.2, 0) is 4.79 Å². The molecule has 0 aliphatic carbocycles. The first-order chi connectivity index (χ1) is 9.15. The molecular weight excluding hydrogens is 248 g/mol. The van der Waals surface area contributed by atoms with Gasteiger partial charge in [-0.3, -0.25) is 4.79 Å². The Morgan fingerprint density at radius 3 is 3.11 bits per heavy atom. The fourth-order valence-corrected chi connectivity index (χ4v) is 1.70. The highest BCUT2D eigenvalue weighted by Crippen LogP contribution is 2.11. The van der Waals surface area contributed by atoms with Gasteiger partial charge in [-0.2, -0.15) is 0 Å². The Morgan fingerprint density at radius 1 is 1.47 bits per heavy atom. The molecule has 8 nitrogen and oxygen atoms in total. The number of carbonyl (C=O) groups is 1. The van der Waals surface area contributed by atoms with Crippen LogP contribution in [0.1, 0.15) is 26.2 Å². The Hall–Kier alpha value is -2.25. The Morgan fingerprint density at radius 2 is 2.32 bits per heavy atom. The lowest BCUT2D eigenvalue weighted by Gasteiger charge is -2.10. The van der Waals surface area contributed by atoms with Crippen LogP contribution >= 0.6 is 0 Å². The highest BCUT2D eigenvalue weighted by molar-refractivity contribution is 5.66. The minimum atomic E-state index is -0.745. The molecule has 2 heterocycles. The van der Waals surface area contributed by atoms with E-state index in [1.807, 2.05) is 13.0 Å². The third-order valence-electron chi connectivity index (χ3n) is 2.86. The summed E-state index contributed by atoms with van der Waals surface area (Å²) in [4.78, 5) is 10.5. The molecule has 0 amide bonds.